The van der Waals surface area contributed by atoms with Gasteiger partial charge in [0.25, 0.3) is 0 Å². The van der Waals surface area contributed by atoms with Crippen LogP contribution in [-0.4, -0.2) is 70.8 Å². The van der Waals surface area contributed by atoms with Crippen LogP contribution in [0.4, 0.5) is 5.82 Å². The van der Waals surface area contributed by atoms with E-state index in [0.717, 1.165) is 60.5 Å². The summed E-state index contributed by atoms with van der Waals surface area (Å²) in [4.78, 5) is 29.8. The van der Waals surface area contributed by atoms with Gasteiger partial charge in [-0.1, -0.05) is 36.4 Å². The van der Waals surface area contributed by atoms with Crippen molar-refractivity contribution in [3.05, 3.63) is 78.5 Å². The Balaban J connectivity index is 1.25. The van der Waals surface area contributed by atoms with Crippen LogP contribution >= 0.6 is 0 Å². The molecule has 1 atom stereocenters. The molecule has 1 aliphatic rings. The Kier molecular flexibility index (Phi) is 9.13. The number of nitrogens with one attached hydrogen (secondary N) is 1. The lowest BCUT2D eigenvalue weighted by atomic mass is 9.96. The van der Waals surface area contributed by atoms with Crippen molar-refractivity contribution in [2.45, 2.75) is 33.1 Å². The highest BCUT2D eigenvalue weighted by Gasteiger charge is 2.29. The number of nitrogens with zero attached hydrogens (tertiary/aromatic N) is 5. The van der Waals surface area contributed by atoms with E-state index >= 15 is 0 Å². The Hall–Kier alpha value is -4.40. The summed E-state index contributed by atoms with van der Waals surface area (Å²) in [6.45, 7) is 7.87. The van der Waals surface area contributed by atoms with E-state index < -0.39 is 0 Å². The van der Waals surface area contributed by atoms with E-state index in [9.17, 15) is 9.59 Å². The second-order valence-corrected chi connectivity index (χ2v) is 10.3. The topological polar surface area (TPSA) is 92.6 Å². The molecule has 2 aromatic carbocycles. The second kappa shape index (κ2) is 13.3. The first kappa shape index (κ1) is 28.1. The molecule has 1 N–H and O–H groups in total. The standard InChI is InChI=1S/C32H38N6O3/c1-3-36(4-2)32(40)24-11-10-19-37(22-24)29-16-17-30(35-34-29)38-23-25(27-14-8-9-15-28(27)38)21-31(39)33-18-20-41-26-12-6-5-7-13-26/h5-9,12-17,23-24H,3-4,10-11,18-22H2,1-2H3,(H,33,39). The first-order chi connectivity index (χ1) is 20.1. The van der Waals surface area contributed by atoms with Gasteiger partial charge in [0.15, 0.2) is 11.6 Å². The van der Waals surface area contributed by atoms with Crippen LogP contribution in [0.15, 0.2) is 72.9 Å². The van der Waals surface area contributed by atoms with Gasteiger partial charge in [0, 0.05) is 37.8 Å². The molecular weight excluding hydrogens is 516 g/mol. The summed E-state index contributed by atoms with van der Waals surface area (Å²) in [6, 6.07) is 21.5. The van der Waals surface area contributed by atoms with Crippen molar-refractivity contribution in [2.75, 3.05) is 44.2 Å². The van der Waals surface area contributed by atoms with Crippen LogP contribution in [0.3, 0.4) is 0 Å². The molecule has 2 aromatic heterocycles. The number of carbonyl (C=O) groups is 2. The van der Waals surface area contributed by atoms with Crippen LogP contribution in [0, 0.1) is 5.92 Å². The third kappa shape index (κ3) is 6.67. The van der Waals surface area contributed by atoms with Crippen LogP contribution in [-0.2, 0) is 16.0 Å². The van der Waals surface area contributed by atoms with Gasteiger partial charge in [-0.25, -0.2) is 0 Å². The zero-order valence-corrected chi connectivity index (χ0v) is 23.8. The van der Waals surface area contributed by atoms with E-state index in [1.165, 1.54) is 0 Å². The molecular formula is C32H38N6O3. The summed E-state index contributed by atoms with van der Waals surface area (Å²) in [5, 5.41) is 13.1. The summed E-state index contributed by atoms with van der Waals surface area (Å²) in [5.41, 5.74) is 1.88. The number of benzene rings is 2. The van der Waals surface area contributed by atoms with E-state index in [1.54, 1.807) is 0 Å². The van der Waals surface area contributed by atoms with Gasteiger partial charge in [-0.05, 0) is 62.6 Å². The summed E-state index contributed by atoms with van der Waals surface area (Å²) < 4.78 is 7.66. The third-order valence-electron chi connectivity index (χ3n) is 7.63. The Bertz CT molecular complexity index is 1450. The van der Waals surface area contributed by atoms with Crippen molar-refractivity contribution in [1.82, 2.24) is 25.0 Å². The number of ether oxygens (including phenoxy) is 1. The van der Waals surface area contributed by atoms with Crippen molar-refractivity contribution in [1.29, 1.82) is 0 Å². The molecule has 214 valence electrons. The summed E-state index contributed by atoms with van der Waals surface area (Å²) in [6.07, 6.45) is 4.07. The van der Waals surface area contributed by atoms with Gasteiger partial charge in [0.05, 0.1) is 24.4 Å². The van der Waals surface area contributed by atoms with Gasteiger partial charge in [-0.15, -0.1) is 10.2 Å². The van der Waals surface area contributed by atoms with Crippen molar-refractivity contribution in [3.63, 3.8) is 0 Å². The number of carbonyl (C=O) groups excluding carboxylic acids is 2. The lowest BCUT2D eigenvalue weighted by Crippen LogP contribution is -2.45. The first-order valence-corrected chi connectivity index (χ1v) is 14.5. The molecule has 4 aromatic rings. The molecule has 9 heteroatoms. The maximum atomic E-state index is 12.9. The van der Waals surface area contributed by atoms with Crippen molar-refractivity contribution in [2.24, 2.45) is 5.92 Å². The molecule has 0 radical (unpaired) electrons. The minimum absolute atomic E-state index is 0.0166. The molecule has 1 saturated heterocycles. The monoisotopic (exact) mass is 554 g/mol. The number of hydrogen-bond acceptors (Lipinski definition) is 6. The van der Waals surface area contributed by atoms with E-state index in [0.29, 0.717) is 25.5 Å². The zero-order chi connectivity index (χ0) is 28.6. The van der Waals surface area contributed by atoms with Crippen LogP contribution in [0.1, 0.15) is 32.3 Å². The molecule has 5 rings (SSSR count). The van der Waals surface area contributed by atoms with Crippen molar-refractivity contribution in [3.8, 4) is 11.6 Å². The normalized spacial score (nSPS) is 15.1. The summed E-state index contributed by atoms with van der Waals surface area (Å²) in [5.74, 6) is 2.39. The minimum atomic E-state index is -0.0649. The lowest BCUT2D eigenvalue weighted by molar-refractivity contribution is -0.135. The van der Waals surface area contributed by atoms with Crippen LogP contribution < -0.4 is 15.0 Å². The van der Waals surface area contributed by atoms with Crippen LogP contribution in [0.5, 0.6) is 5.75 Å². The first-order valence-electron chi connectivity index (χ1n) is 14.5. The third-order valence-corrected chi connectivity index (χ3v) is 7.63. The molecule has 0 aliphatic carbocycles. The Labute approximate surface area is 241 Å². The minimum Gasteiger partial charge on any atom is -0.492 e. The molecule has 41 heavy (non-hydrogen) atoms. The molecule has 0 bridgehead atoms. The van der Waals surface area contributed by atoms with Gasteiger partial charge in [0.2, 0.25) is 11.8 Å². The second-order valence-electron chi connectivity index (χ2n) is 10.3. The zero-order valence-electron chi connectivity index (χ0n) is 23.8. The molecule has 9 nitrogen and oxygen atoms in total. The molecule has 1 fully saturated rings. The predicted octanol–water partition coefficient (Wildman–Crippen LogP) is 4.24. The van der Waals surface area contributed by atoms with Crippen LogP contribution in [0.25, 0.3) is 16.7 Å². The molecule has 2 amide bonds. The fraction of sp³-hybridized carbons (Fsp3) is 0.375. The largest absolute Gasteiger partial charge is 0.492 e. The maximum absolute atomic E-state index is 12.9. The number of para-hydroxylation sites is 2. The highest BCUT2D eigenvalue weighted by molar-refractivity contribution is 5.90. The van der Waals surface area contributed by atoms with E-state index in [4.69, 9.17) is 4.74 Å². The fourth-order valence-corrected chi connectivity index (χ4v) is 5.49. The quantitative estimate of drug-likeness (QED) is 0.279. The number of amides is 2. The number of aromatic nitrogens is 3. The Morgan fingerprint density at radius 3 is 2.46 bits per heavy atom. The van der Waals surface area contributed by atoms with E-state index in [-0.39, 0.29) is 24.2 Å². The highest BCUT2D eigenvalue weighted by Crippen LogP contribution is 2.26. The smallest absolute Gasteiger partial charge is 0.227 e. The van der Waals surface area contributed by atoms with E-state index in [1.807, 2.05) is 96.2 Å². The lowest BCUT2D eigenvalue weighted by Gasteiger charge is -2.34. The van der Waals surface area contributed by atoms with Gasteiger partial charge < -0.3 is 19.9 Å². The molecule has 3 heterocycles. The van der Waals surface area contributed by atoms with Gasteiger partial charge in [0.1, 0.15) is 12.4 Å². The predicted molar refractivity (Wildman–Crippen MR) is 160 cm³/mol. The van der Waals surface area contributed by atoms with Crippen molar-refractivity contribution < 1.29 is 14.3 Å². The number of rotatable bonds is 11. The van der Waals surface area contributed by atoms with Gasteiger partial charge >= 0.3 is 0 Å². The average molecular weight is 555 g/mol. The Morgan fingerprint density at radius 1 is 0.976 bits per heavy atom. The number of piperidine rings is 1. The maximum Gasteiger partial charge on any atom is 0.227 e. The molecule has 0 saturated carbocycles. The SMILES string of the molecule is CCN(CC)C(=O)C1CCCN(c2ccc(-n3cc(CC(=O)NCCOc4ccccc4)c4ccccc43)nn2)C1. The van der Waals surface area contributed by atoms with Crippen molar-refractivity contribution >= 4 is 28.5 Å². The van der Waals surface area contributed by atoms with Gasteiger partial charge in [-0.3, -0.25) is 14.2 Å². The number of fused-ring (bicyclic) bond motifs is 1. The summed E-state index contributed by atoms with van der Waals surface area (Å²) >= 11 is 0. The van der Waals surface area contributed by atoms with Gasteiger partial charge in [-0.2, -0.15) is 0 Å². The number of hydrogen-bond donors (Lipinski definition) is 1. The molecule has 0 spiro atoms. The highest BCUT2D eigenvalue weighted by atomic mass is 16.5. The van der Waals surface area contributed by atoms with Crippen LogP contribution in [0.2, 0.25) is 0 Å². The fourth-order valence-electron chi connectivity index (χ4n) is 5.49. The summed E-state index contributed by atoms with van der Waals surface area (Å²) in [7, 11) is 0. The Morgan fingerprint density at radius 2 is 1.71 bits per heavy atom. The van der Waals surface area contributed by atoms with E-state index in [2.05, 4.69) is 20.4 Å². The molecule has 1 unspecified atom stereocenters. The average Bonchev–Trinajstić information content (AvgIpc) is 3.38. The molecule has 1 aliphatic heterocycles. The number of anilines is 1.